The van der Waals surface area contributed by atoms with Crippen LogP contribution in [0.1, 0.15) is 53.9 Å². The summed E-state index contributed by atoms with van der Waals surface area (Å²) in [4.78, 5) is 11.5. The summed E-state index contributed by atoms with van der Waals surface area (Å²) in [6.07, 6.45) is 2.80. The molecule has 0 aliphatic carbocycles. The van der Waals surface area contributed by atoms with E-state index in [2.05, 4.69) is 24.5 Å². The van der Waals surface area contributed by atoms with E-state index in [4.69, 9.17) is 10.5 Å². The minimum atomic E-state index is -0.453. The molecular formula is C15H33N3O2. The molecule has 0 aromatic rings. The topological polar surface area (TPSA) is 76.4 Å². The number of nitrogens with one attached hydrogen (secondary N) is 2. The summed E-state index contributed by atoms with van der Waals surface area (Å²) in [7, 11) is 0. The van der Waals surface area contributed by atoms with Crippen LogP contribution in [-0.2, 0) is 4.74 Å². The molecule has 5 nitrogen and oxygen atoms in total. The molecule has 0 heterocycles. The molecule has 5 heteroatoms. The van der Waals surface area contributed by atoms with E-state index < -0.39 is 5.60 Å². The van der Waals surface area contributed by atoms with Crippen LogP contribution in [0, 0.1) is 5.92 Å². The quantitative estimate of drug-likeness (QED) is 0.608. The number of amides is 1. The number of alkyl carbamates (subject to hydrolysis) is 1. The lowest BCUT2D eigenvalue weighted by Crippen LogP contribution is -2.42. The van der Waals surface area contributed by atoms with Crippen molar-refractivity contribution in [3.8, 4) is 0 Å². The molecular weight excluding hydrogens is 254 g/mol. The molecule has 0 radical (unpaired) electrons. The lowest BCUT2D eigenvalue weighted by atomic mass is 10.0. The summed E-state index contributed by atoms with van der Waals surface area (Å²) in [5.41, 5.74) is 5.30. The van der Waals surface area contributed by atoms with E-state index in [1.54, 1.807) is 0 Å². The molecule has 0 aliphatic heterocycles. The van der Waals surface area contributed by atoms with Crippen LogP contribution in [0.3, 0.4) is 0 Å². The van der Waals surface area contributed by atoms with E-state index in [1.165, 1.54) is 12.8 Å². The van der Waals surface area contributed by atoms with E-state index in [9.17, 15) is 4.79 Å². The molecule has 1 unspecified atom stereocenters. The zero-order chi connectivity index (χ0) is 15.6. The maximum Gasteiger partial charge on any atom is 0.407 e. The van der Waals surface area contributed by atoms with Gasteiger partial charge < -0.3 is 21.1 Å². The van der Waals surface area contributed by atoms with Gasteiger partial charge in [-0.05, 0) is 39.7 Å². The maximum atomic E-state index is 11.5. The third-order valence-corrected chi connectivity index (χ3v) is 3.30. The molecule has 0 aromatic carbocycles. The lowest BCUT2D eigenvalue weighted by molar-refractivity contribution is 0.0526. The largest absolute Gasteiger partial charge is 0.444 e. The van der Waals surface area contributed by atoms with E-state index in [-0.39, 0.29) is 12.1 Å². The Morgan fingerprint density at radius 3 is 2.30 bits per heavy atom. The molecule has 0 saturated heterocycles. The monoisotopic (exact) mass is 287 g/mol. The Morgan fingerprint density at radius 2 is 1.85 bits per heavy atom. The summed E-state index contributed by atoms with van der Waals surface area (Å²) < 4.78 is 5.18. The highest BCUT2D eigenvalue weighted by atomic mass is 16.6. The number of ether oxygens (including phenoxy) is 1. The van der Waals surface area contributed by atoms with Crippen molar-refractivity contribution in [1.29, 1.82) is 0 Å². The van der Waals surface area contributed by atoms with E-state index in [0.29, 0.717) is 19.0 Å². The van der Waals surface area contributed by atoms with Gasteiger partial charge in [0.2, 0.25) is 0 Å². The summed E-state index contributed by atoms with van der Waals surface area (Å²) in [6.45, 7) is 12.1. The first-order valence-corrected chi connectivity index (χ1v) is 7.72. The van der Waals surface area contributed by atoms with Gasteiger partial charge in [-0.15, -0.1) is 0 Å². The highest BCUT2D eigenvalue weighted by Crippen LogP contribution is 2.07. The Balaban J connectivity index is 3.87. The standard InChI is InChI=1S/C15H33N3O2/c1-6-12(7-2)11-18-13(10-16)8-9-17-14(19)20-15(3,4)5/h12-13,18H,6-11,16H2,1-5H3,(H,17,19). The number of nitrogens with two attached hydrogens (primary N) is 1. The fraction of sp³-hybridized carbons (Fsp3) is 0.933. The first-order valence-electron chi connectivity index (χ1n) is 7.72. The van der Waals surface area contributed by atoms with Crippen LogP contribution in [0.25, 0.3) is 0 Å². The highest BCUT2D eigenvalue weighted by molar-refractivity contribution is 5.67. The molecule has 0 aromatic heterocycles. The number of hydrogen-bond acceptors (Lipinski definition) is 4. The Labute approximate surface area is 124 Å². The zero-order valence-electron chi connectivity index (χ0n) is 13.8. The van der Waals surface area contributed by atoms with Crippen LogP contribution in [0.5, 0.6) is 0 Å². The van der Waals surface area contributed by atoms with Gasteiger partial charge in [0.1, 0.15) is 5.60 Å². The van der Waals surface area contributed by atoms with Crippen molar-refractivity contribution >= 4 is 6.09 Å². The average molecular weight is 287 g/mol. The van der Waals surface area contributed by atoms with Crippen LogP contribution in [0.2, 0.25) is 0 Å². The van der Waals surface area contributed by atoms with Gasteiger partial charge >= 0.3 is 6.09 Å². The number of carbonyl (C=O) groups excluding carboxylic acids is 1. The summed E-state index contributed by atoms with van der Waals surface area (Å²) in [5.74, 6) is 0.697. The molecule has 20 heavy (non-hydrogen) atoms. The Hall–Kier alpha value is -0.810. The average Bonchev–Trinajstić information content (AvgIpc) is 2.35. The second kappa shape index (κ2) is 10.00. The minimum Gasteiger partial charge on any atom is -0.444 e. The highest BCUT2D eigenvalue weighted by Gasteiger charge is 2.16. The van der Waals surface area contributed by atoms with Crippen LogP contribution in [0.15, 0.2) is 0 Å². The van der Waals surface area contributed by atoms with Crippen LogP contribution >= 0.6 is 0 Å². The summed E-state index contributed by atoms with van der Waals surface area (Å²) >= 11 is 0. The predicted molar refractivity (Wildman–Crippen MR) is 83.8 cm³/mol. The van der Waals surface area contributed by atoms with Gasteiger partial charge in [-0.2, -0.15) is 0 Å². The van der Waals surface area contributed by atoms with Crippen molar-refractivity contribution in [3.05, 3.63) is 0 Å². The molecule has 0 rings (SSSR count). The predicted octanol–water partition coefficient (Wildman–Crippen LogP) is 2.25. The van der Waals surface area contributed by atoms with Crippen LogP contribution in [0.4, 0.5) is 4.79 Å². The second-order valence-electron chi connectivity index (χ2n) is 6.24. The number of hydrogen-bond donors (Lipinski definition) is 3. The summed E-state index contributed by atoms with van der Waals surface area (Å²) in [5, 5.41) is 6.24. The van der Waals surface area contributed by atoms with E-state index in [0.717, 1.165) is 13.0 Å². The van der Waals surface area contributed by atoms with Crippen molar-refractivity contribution in [2.45, 2.75) is 65.5 Å². The van der Waals surface area contributed by atoms with Crippen molar-refractivity contribution in [1.82, 2.24) is 10.6 Å². The smallest absolute Gasteiger partial charge is 0.407 e. The molecule has 0 spiro atoms. The molecule has 0 bridgehead atoms. The van der Waals surface area contributed by atoms with Gasteiger partial charge in [0.25, 0.3) is 0 Å². The molecule has 1 amide bonds. The fourth-order valence-corrected chi connectivity index (χ4v) is 1.88. The molecule has 1 atom stereocenters. The van der Waals surface area contributed by atoms with Gasteiger partial charge in [-0.1, -0.05) is 26.7 Å². The van der Waals surface area contributed by atoms with Gasteiger partial charge in [-0.25, -0.2) is 4.79 Å². The lowest BCUT2D eigenvalue weighted by Gasteiger charge is -2.22. The van der Waals surface area contributed by atoms with Crippen LogP contribution in [-0.4, -0.2) is 37.4 Å². The van der Waals surface area contributed by atoms with E-state index in [1.807, 2.05) is 20.8 Å². The Morgan fingerprint density at radius 1 is 1.25 bits per heavy atom. The van der Waals surface area contributed by atoms with Gasteiger partial charge in [0.05, 0.1) is 0 Å². The molecule has 4 N–H and O–H groups in total. The van der Waals surface area contributed by atoms with Crippen LogP contribution < -0.4 is 16.4 Å². The van der Waals surface area contributed by atoms with Crippen molar-refractivity contribution in [3.63, 3.8) is 0 Å². The maximum absolute atomic E-state index is 11.5. The first-order chi connectivity index (χ1) is 9.32. The van der Waals surface area contributed by atoms with Gasteiger partial charge in [0.15, 0.2) is 0 Å². The SMILES string of the molecule is CCC(CC)CNC(CN)CCNC(=O)OC(C)(C)C. The van der Waals surface area contributed by atoms with Gasteiger partial charge in [0, 0.05) is 19.1 Å². The Kier molecular flexibility index (Phi) is 9.59. The fourth-order valence-electron chi connectivity index (χ4n) is 1.88. The first kappa shape index (κ1) is 19.2. The molecule has 0 aliphatic rings. The van der Waals surface area contributed by atoms with Crippen molar-refractivity contribution in [2.24, 2.45) is 11.7 Å². The van der Waals surface area contributed by atoms with Crippen molar-refractivity contribution < 1.29 is 9.53 Å². The third kappa shape index (κ3) is 10.0. The Bertz CT molecular complexity index is 260. The molecule has 120 valence electrons. The minimum absolute atomic E-state index is 0.241. The normalized spacial score (nSPS) is 13.3. The van der Waals surface area contributed by atoms with Crippen molar-refractivity contribution in [2.75, 3.05) is 19.6 Å². The summed E-state index contributed by atoms with van der Waals surface area (Å²) in [6, 6.07) is 0.241. The second-order valence-corrected chi connectivity index (χ2v) is 6.24. The van der Waals surface area contributed by atoms with E-state index >= 15 is 0 Å². The number of carbonyl (C=O) groups is 1. The zero-order valence-corrected chi connectivity index (χ0v) is 13.8. The molecule has 0 saturated carbocycles. The number of rotatable bonds is 9. The third-order valence-electron chi connectivity index (χ3n) is 3.30. The molecule has 0 fully saturated rings. The van der Waals surface area contributed by atoms with Gasteiger partial charge in [-0.3, -0.25) is 0 Å².